The number of halogens is 1. The molecule has 4 aliphatic rings. The number of nitro benzene ring substituents is 1. The third-order valence-corrected chi connectivity index (χ3v) is 14.4. The molecule has 5 aromatic rings. The summed E-state index contributed by atoms with van der Waals surface area (Å²) in [6.07, 6.45) is 9.38. The molecule has 1 amide bonds. The van der Waals surface area contributed by atoms with Crippen LogP contribution in [0, 0.1) is 21.4 Å². The Balaban J connectivity index is 0.926. The smallest absolute Gasteiger partial charge is 0.273 e. The van der Waals surface area contributed by atoms with Crippen LogP contribution in [0.2, 0.25) is 5.02 Å². The minimum absolute atomic E-state index is 0.0266. The summed E-state index contributed by atoms with van der Waals surface area (Å²) in [5, 5.41) is 13.6. The Morgan fingerprint density at radius 3 is 2.53 bits per heavy atom. The number of benzene rings is 3. The average Bonchev–Trinajstić information content (AvgIpc) is 3.74. The Bertz CT molecular complexity index is 2620. The number of aromatic amines is 1. The van der Waals surface area contributed by atoms with Gasteiger partial charge in [-0.3, -0.25) is 19.8 Å². The van der Waals surface area contributed by atoms with Gasteiger partial charge < -0.3 is 24.1 Å². The van der Waals surface area contributed by atoms with Crippen molar-refractivity contribution >= 4 is 55.5 Å². The zero-order valence-corrected chi connectivity index (χ0v) is 35.9. The summed E-state index contributed by atoms with van der Waals surface area (Å²) in [5.41, 5.74) is 5.90. The summed E-state index contributed by atoms with van der Waals surface area (Å²) in [5.74, 6) is -0.0619. The van der Waals surface area contributed by atoms with Crippen LogP contribution < -0.4 is 14.4 Å². The van der Waals surface area contributed by atoms with Gasteiger partial charge in [0, 0.05) is 91.3 Å². The van der Waals surface area contributed by atoms with Crippen LogP contribution in [0.25, 0.3) is 16.6 Å². The Labute approximate surface area is 365 Å². The standard InChI is InChI=1S/C46H49ClN6O8S/c47-36-6-3-32(4-7-36)41-26-46(29-60-30-46)15-11-35(41)28-51-17-19-52(20-18-51)37-8-10-40(43(24-37)61-38-23-34-12-16-48-44(34)49-27-38)45(54)50-62(57,58)39-9-5-33(42(25-39)53(55)56)2-1-31-13-21-59-22-14-31/h3-10,12,16,23-25,27,31H,1-2,11,13-15,17-22,26,28-30H2,(H,48,49)(H,50,54). The molecule has 3 saturated heterocycles. The van der Waals surface area contributed by atoms with Gasteiger partial charge in [0.05, 0.1) is 34.8 Å². The quantitative estimate of drug-likeness (QED) is 0.0864. The van der Waals surface area contributed by atoms with Crippen LogP contribution >= 0.6 is 11.6 Å². The van der Waals surface area contributed by atoms with Crippen molar-refractivity contribution in [1.82, 2.24) is 19.6 Å². The number of sulfonamides is 1. The van der Waals surface area contributed by atoms with E-state index in [-0.39, 0.29) is 27.3 Å². The van der Waals surface area contributed by atoms with Gasteiger partial charge >= 0.3 is 0 Å². The van der Waals surface area contributed by atoms with E-state index in [1.54, 1.807) is 30.5 Å². The molecule has 62 heavy (non-hydrogen) atoms. The molecule has 1 spiro atoms. The first kappa shape index (κ1) is 42.0. The number of carbonyl (C=O) groups excluding carboxylic acids is 1. The zero-order chi connectivity index (χ0) is 42.8. The molecule has 3 aromatic carbocycles. The molecule has 16 heteroatoms. The predicted octanol–water partition coefficient (Wildman–Crippen LogP) is 8.17. The summed E-state index contributed by atoms with van der Waals surface area (Å²) >= 11 is 6.26. The number of nitro groups is 1. The van der Waals surface area contributed by atoms with E-state index >= 15 is 0 Å². The summed E-state index contributed by atoms with van der Waals surface area (Å²) in [7, 11) is -4.53. The van der Waals surface area contributed by atoms with Gasteiger partial charge in [-0.25, -0.2) is 18.1 Å². The predicted molar refractivity (Wildman–Crippen MR) is 236 cm³/mol. The van der Waals surface area contributed by atoms with Crippen molar-refractivity contribution in [2.24, 2.45) is 11.3 Å². The Kier molecular flexibility index (Phi) is 12.1. The fraction of sp³-hybridized carbons (Fsp3) is 0.391. The second-order valence-corrected chi connectivity index (χ2v) is 19.1. The Hall–Kier alpha value is -5.32. The molecule has 9 rings (SSSR count). The van der Waals surface area contributed by atoms with E-state index in [1.807, 2.05) is 18.2 Å². The Morgan fingerprint density at radius 2 is 1.79 bits per heavy atom. The number of fused-ring (bicyclic) bond motifs is 1. The van der Waals surface area contributed by atoms with Gasteiger partial charge in [0.15, 0.2) is 0 Å². The third-order valence-electron chi connectivity index (χ3n) is 12.9. The van der Waals surface area contributed by atoms with Crippen LogP contribution in [0.5, 0.6) is 11.5 Å². The fourth-order valence-corrected chi connectivity index (χ4v) is 10.3. The lowest BCUT2D eigenvalue weighted by Crippen LogP contribution is -2.48. The van der Waals surface area contributed by atoms with Crippen molar-refractivity contribution in [3.05, 3.63) is 123 Å². The summed E-state index contributed by atoms with van der Waals surface area (Å²) in [4.78, 5) is 37.3. The number of carbonyl (C=O) groups is 1. The number of ether oxygens (including phenoxy) is 3. The number of hydrogen-bond donors (Lipinski definition) is 2. The number of H-pyrrole nitrogens is 1. The lowest BCUT2D eigenvalue weighted by molar-refractivity contribution is -0.385. The second kappa shape index (κ2) is 17.8. The number of aromatic nitrogens is 2. The molecular weight excluding hydrogens is 832 g/mol. The van der Waals surface area contributed by atoms with E-state index < -0.39 is 20.9 Å². The molecule has 3 fully saturated rings. The molecule has 0 bridgehead atoms. The highest BCUT2D eigenvalue weighted by Gasteiger charge is 2.42. The van der Waals surface area contributed by atoms with Crippen molar-refractivity contribution in [3.63, 3.8) is 0 Å². The molecule has 0 radical (unpaired) electrons. The molecule has 324 valence electrons. The number of piperazine rings is 1. The average molecular weight is 881 g/mol. The topological polar surface area (TPSA) is 169 Å². The van der Waals surface area contributed by atoms with Gasteiger partial charge in [-0.2, -0.15) is 0 Å². The van der Waals surface area contributed by atoms with E-state index in [0.717, 1.165) is 107 Å². The van der Waals surface area contributed by atoms with Crippen LogP contribution in [0.1, 0.15) is 60.0 Å². The number of nitrogens with zero attached hydrogens (tertiary/aromatic N) is 4. The maximum Gasteiger partial charge on any atom is 0.273 e. The molecule has 2 aromatic heterocycles. The van der Waals surface area contributed by atoms with Crippen molar-refractivity contribution in [2.45, 2.75) is 49.8 Å². The van der Waals surface area contributed by atoms with Crippen LogP contribution in [0.4, 0.5) is 11.4 Å². The van der Waals surface area contributed by atoms with E-state index in [2.05, 4.69) is 36.6 Å². The van der Waals surface area contributed by atoms with E-state index in [0.29, 0.717) is 42.5 Å². The minimum Gasteiger partial charge on any atom is -0.455 e. The van der Waals surface area contributed by atoms with E-state index in [1.165, 1.54) is 35.0 Å². The molecule has 2 N–H and O–H groups in total. The van der Waals surface area contributed by atoms with Crippen LogP contribution in [-0.4, -0.2) is 93.3 Å². The van der Waals surface area contributed by atoms with Gasteiger partial charge in [0.2, 0.25) is 0 Å². The number of allylic oxidation sites excluding steroid dienone is 1. The molecule has 14 nitrogen and oxygen atoms in total. The van der Waals surface area contributed by atoms with Gasteiger partial charge in [-0.1, -0.05) is 35.4 Å². The maximum atomic E-state index is 13.9. The van der Waals surface area contributed by atoms with Crippen molar-refractivity contribution < 1.29 is 32.3 Å². The zero-order valence-electron chi connectivity index (χ0n) is 34.3. The number of aryl methyl sites for hydroxylation is 1. The van der Waals surface area contributed by atoms with Gasteiger partial charge in [-0.05, 0) is 104 Å². The fourth-order valence-electron chi connectivity index (χ4n) is 9.16. The molecule has 0 atom stereocenters. The minimum atomic E-state index is -4.53. The number of pyridine rings is 1. The highest BCUT2D eigenvalue weighted by Crippen LogP contribution is 2.48. The van der Waals surface area contributed by atoms with Crippen LogP contribution in [-0.2, 0) is 25.9 Å². The molecule has 0 saturated carbocycles. The van der Waals surface area contributed by atoms with Crippen molar-refractivity contribution in [1.29, 1.82) is 0 Å². The summed E-state index contributed by atoms with van der Waals surface area (Å²) in [6, 6.07) is 20.7. The lowest BCUT2D eigenvalue weighted by atomic mass is 9.69. The number of nitrogens with one attached hydrogen (secondary N) is 2. The first-order valence-electron chi connectivity index (χ1n) is 21.2. The maximum absolute atomic E-state index is 13.9. The molecular formula is C46H49ClN6O8S. The molecule has 0 unspecified atom stereocenters. The lowest BCUT2D eigenvalue weighted by Gasteiger charge is -2.46. The Morgan fingerprint density at radius 1 is 1.00 bits per heavy atom. The molecule has 3 aliphatic heterocycles. The highest BCUT2D eigenvalue weighted by atomic mass is 35.5. The summed E-state index contributed by atoms with van der Waals surface area (Å²) in [6.45, 7) is 6.91. The SMILES string of the molecule is O=C(NS(=O)(=O)c1ccc(CCC2CCOCC2)c([N+](=O)[O-])c1)c1ccc(N2CCN(CC3=C(c4ccc(Cl)cc4)CC4(CC3)COC4)CC2)cc1Oc1cnc2[nH]ccc2c1. The van der Waals surface area contributed by atoms with E-state index in [9.17, 15) is 23.3 Å². The van der Waals surface area contributed by atoms with Gasteiger partial charge in [-0.15, -0.1) is 0 Å². The van der Waals surface area contributed by atoms with Crippen LogP contribution in [0.3, 0.4) is 0 Å². The number of rotatable bonds is 13. The normalized spacial score (nSPS) is 18.5. The number of amides is 1. The van der Waals surface area contributed by atoms with Crippen molar-refractivity contribution in [3.8, 4) is 11.5 Å². The second-order valence-electron chi connectivity index (χ2n) is 17.0. The summed E-state index contributed by atoms with van der Waals surface area (Å²) < 4.78 is 47.0. The van der Waals surface area contributed by atoms with Crippen LogP contribution in [0.15, 0.2) is 95.7 Å². The largest absolute Gasteiger partial charge is 0.455 e. The monoisotopic (exact) mass is 880 g/mol. The first-order valence-corrected chi connectivity index (χ1v) is 23.1. The highest BCUT2D eigenvalue weighted by molar-refractivity contribution is 7.90. The molecule has 1 aliphatic carbocycles. The number of anilines is 1. The first-order chi connectivity index (χ1) is 30.0. The van der Waals surface area contributed by atoms with Crippen molar-refractivity contribution in [2.75, 3.05) is 64.1 Å². The molecule has 5 heterocycles. The number of hydrogen-bond acceptors (Lipinski definition) is 11. The van der Waals surface area contributed by atoms with Gasteiger partial charge in [0.1, 0.15) is 17.1 Å². The van der Waals surface area contributed by atoms with E-state index in [4.69, 9.17) is 25.8 Å². The van der Waals surface area contributed by atoms with Gasteiger partial charge in [0.25, 0.3) is 21.6 Å². The third kappa shape index (κ3) is 9.23.